The number of fused-ring (bicyclic) bond motifs is 1. The zero-order chi connectivity index (χ0) is 13.5. The molecule has 0 unspecified atom stereocenters. The molecule has 5 heteroatoms. The van der Waals surface area contributed by atoms with Crippen molar-refractivity contribution in [3.05, 3.63) is 28.9 Å². The summed E-state index contributed by atoms with van der Waals surface area (Å²) >= 11 is 3.40. The van der Waals surface area contributed by atoms with Crippen LogP contribution in [0.15, 0.2) is 28.9 Å². The second kappa shape index (κ2) is 4.65. The first-order valence-corrected chi connectivity index (χ1v) is 7.17. The standard InChI is InChI=1S/C14H16BrN3O/c15-9-6-10-11(16)2-3-12(13(10)17-7-9)18-8-14(19)4-1-5-14/h2-3,6-7,18-19H,1,4-5,8,16H2. The van der Waals surface area contributed by atoms with E-state index in [1.165, 1.54) is 0 Å². The number of rotatable bonds is 3. The van der Waals surface area contributed by atoms with Crippen molar-refractivity contribution in [3.8, 4) is 0 Å². The summed E-state index contributed by atoms with van der Waals surface area (Å²) in [4.78, 5) is 4.42. The lowest BCUT2D eigenvalue weighted by molar-refractivity contribution is -0.0201. The summed E-state index contributed by atoms with van der Waals surface area (Å²) in [6, 6.07) is 5.74. The highest BCUT2D eigenvalue weighted by atomic mass is 79.9. The molecule has 4 nitrogen and oxygen atoms in total. The van der Waals surface area contributed by atoms with Crippen LogP contribution in [0.5, 0.6) is 0 Å². The first kappa shape index (κ1) is 12.7. The highest BCUT2D eigenvalue weighted by Gasteiger charge is 2.34. The van der Waals surface area contributed by atoms with E-state index < -0.39 is 5.60 Å². The third-order valence-corrected chi connectivity index (χ3v) is 4.18. The molecule has 1 aliphatic carbocycles. The second-order valence-corrected chi connectivity index (χ2v) is 6.10. The molecule has 1 heterocycles. The predicted octanol–water partition coefficient (Wildman–Crippen LogP) is 2.91. The normalized spacial score (nSPS) is 17.2. The third kappa shape index (κ3) is 2.40. The van der Waals surface area contributed by atoms with Gasteiger partial charge in [-0.05, 0) is 53.4 Å². The van der Waals surface area contributed by atoms with E-state index in [1.807, 2.05) is 18.2 Å². The van der Waals surface area contributed by atoms with E-state index in [9.17, 15) is 5.11 Å². The Balaban J connectivity index is 1.93. The van der Waals surface area contributed by atoms with E-state index in [0.29, 0.717) is 12.2 Å². The number of halogens is 1. The van der Waals surface area contributed by atoms with E-state index in [0.717, 1.165) is 40.3 Å². The minimum absolute atomic E-state index is 0.553. The molecule has 0 saturated heterocycles. The fourth-order valence-corrected chi connectivity index (χ4v) is 2.71. The number of nitrogens with two attached hydrogens (primary N) is 1. The van der Waals surface area contributed by atoms with Gasteiger partial charge in [-0.2, -0.15) is 0 Å². The van der Waals surface area contributed by atoms with E-state index in [4.69, 9.17) is 5.73 Å². The van der Waals surface area contributed by atoms with Gasteiger partial charge in [-0.3, -0.25) is 4.98 Å². The number of pyridine rings is 1. The number of anilines is 2. The second-order valence-electron chi connectivity index (χ2n) is 5.18. The molecule has 2 aromatic rings. The summed E-state index contributed by atoms with van der Waals surface area (Å²) < 4.78 is 0.904. The van der Waals surface area contributed by atoms with Crippen LogP contribution in [0.25, 0.3) is 10.9 Å². The van der Waals surface area contributed by atoms with Crippen LogP contribution in [0.2, 0.25) is 0 Å². The molecule has 1 aromatic heterocycles. The van der Waals surface area contributed by atoms with Gasteiger partial charge in [0.05, 0.1) is 16.8 Å². The number of hydrogen-bond acceptors (Lipinski definition) is 4. The van der Waals surface area contributed by atoms with Crippen molar-refractivity contribution in [1.82, 2.24) is 4.98 Å². The van der Waals surface area contributed by atoms with Crippen LogP contribution in [-0.4, -0.2) is 22.2 Å². The highest BCUT2D eigenvalue weighted by molar-refractivity contribution is 9.10. The van der Waals surface area contributed by atoms with E-state index in [2.05, 4.69) is 26.2 Å². The van der Waals surface area contributed by atoms with Crippen LogP contribution in [0.3, 0.4) is 0 Å². The Morgan fingerprint density at radius 2 is 2.21 bits per heavy atom. The van der Waals surface area contributed by atoms with E-state index in [-0.39, 0.29) is 0 Å². The maximum atomic E-state index is 10.1. The molecule has 19 heavy (non-hydrogen) atoms. The van der Waals surface area contributed by atoms with Gasteiger partial charge in [0.1, 0.15) is 0 Å². The van der Waals surface area contributed by atoms with Gasteiger partial charge in [0, 0.05) is 28.3 Å². The molecule has 3 rings (SSSR count). The highest BCUT2D eigenvalue weighted by Crippen LogP contribution is 2.33. The van der Waals surface area contributed by atoms with Crippen LogP contribution in [0.1, 0.15) is 19.3 Å². The lowest BCUT2D eigenvalue weighted by Gasteiger charge is -2.36. The molecule has 0 amide bonds. The fraction of sp³-hybridized carbons (Fsp3) is 0.357. The summed E-state index contributed by atoms with van der Waals surface area (Å²) in [5.41, 5.74) is 7.88. The van der Waals surface area contributed by atoms with Gasteiger partial charge in [-0.1, -0.05) is 0 Å². The summed E-state index contributed by atoms with van der Waals surface area (Å²) in [7, 11) is 0. The zero-order valence-corrected chi connectivity index (χ0v) is 12.1. The first-order valence-electron chi connectivity index (χ1n) is 6.37. The molecule has 100 valence electrons. The minimum Gasteiger partial charge on any atom is -0.398 e. The molecule has 1 aliphatic rings. The Bertz CT molecular complexity index is 625. The Labute approximate surface area is 120 Å². The molecule has 1 saturated carbocycles. The largest absolute Gasteiger partial charge is 0.398 e. The molecule has 0 atom stereocenters. The van der Waals surface area contributed by atoms with Crippen molar-refractivity contribution in [1.29, 1.82) is 0 Å². The van der Waals surface area contributed by atoms with Crippen molar-refractivity contribution in [2.75, 3.05) is 17.6 Å². The molecule has 0 radical (unpaired) electrons. The quantitative estimate of drug-likeness (QED) is 0.760. The maximum absolute atomic E-state index is 10.1. The van der Waals surface area contributed by atoms with Crippen LogP contribution < -0.4 is 11.1 Å². The maximum Gasteiger partial charge on any atom is 0.0954 e. The molecule has 4 N–H and O–H groups in total. The van der Waals surface area contributed by atoms with E-state index >= 15 is 0 Å². The van der Waals surface area contributed by atoms with Crippen LogP contribution in [0.4, 0.5) is 11.4 Å². The van der Waals surface area contributed by atoms with Gasteiger partial charge < -0.3 is 16.2 Å². The minimum atomic E-state index is -0.553. The fourth-order valence-electron chi connectivity index (χ4n) is 2.38. The number of benzene rings is 1. The van der Waals surface area contributed by atoms with Gasteiger partial charge in [-0.25, -0.2) is 0 Å². The van der Waals surface area contributed by atoms with Crippen molar-refractivity contribution >= 4 is 38.2 Å². The van der Waals surface area contributed by atoms with Gasteiger partial charge >= 0.3 is 0 Å². The lowest BCUT2D eigenvalue weighted by atomic mass is 9.80. The van der Waals surface area contributed by atoms with Crippen molar-refractivity contribution in [2.45, 2.75) is 24.9 Å². The summed E-state index contributed by atoms with van der Waals surface area (Å²) in [5, 5.41) is 14.3. The van der Waals surface area contributed by atoms with Crippen LogP contribution in [0, 0.1) is 0 Å². The van der Waals surface area contributed by atoms with Crippen molar-refractivity contribution in [2.24, 2.45) is 0 Å². The lowest BCUT2D eigenvalue weighted by Crippen LogP contribution is -2.43. The molecular weight excluding hydrogens is 306 g/mol. The molecule has 0 bridgehead atoms. The number of hydrogen-bond donors (Lipinski definition) is 3. The molecule has 1 aromatic carbocycles. The van der Waals surface area contributed by atoms with E-state index in [1.54, 1.807) is 6.20 Å². The molecule has 0 aliphatic heterocycles. The zero-order valence-electron chi connectivity index (χ0n) is 10.5. The average molecular weight is 322 g/mol. The topological polar surface area (TPSA) is 71.2 Å². The molecular formula is C14H16BrN3O. The van der Waals surface area contributed by atoms with Crippen molar-refractivity contribution in [3.63, 3.8) is 0 Å². The monoisotopic (exact) mass is 321 g/mol. The Hall–Kier alpha value is -1.33. The summed E-state index contributed by atoms with van der Waals surface area (Å²) in [6.07, 6.45) is 4.59. The molecule has 0 spiro atoms. The Morgan fingerprint density at radius 3 is 2.89 bits per heavy atom. The summed E-state index contributed by atoms with van der Waals surface area (Å²) in [6.45, 7) is 0.559. The predicted molar refractivity (Wildman–Crippen MR) is 81.1 cm³/mol. The summed E-state index contributed by atoms with van der Waals surface area (Å²) in [5.74, 6) is 0. The van der Waals surface area contributed by atoms with Crippen LogP contribution >= 0.6 is 15.9 Å². The number of nitrogens with one attached hydrogen (secondary N) is 1. The van der Waals surface area contributed by atoms with Gasteiger partial charge in [0.2, 0.25) is 0 Å². The van der Waals surface area contributed by atoms with Gasteiger partial charge in [0.15, 0.2) is 0 Å². The number of aromatic nitrogens is 1. The number of nitrogen functional groups attached to an aromatic ring is 1. The third-order valence-electron chi connectivity index (χ3n) is 3.74. The van der Waals surface area contributed by atoms with Gasteiger partial charge in [-0.15, -0.1) is 0 Å². The Kier molecular flexibility index (Phi) is 3.11. The van der Waals surface area contributed by atoms with Gasteiger partial charge in [0.25, 0.3) is 0 Å². The number of aliphatic hydroxyl groups is 1. The number of nitrogens with zero attached hydrogens (tertiary/aromatic N) is 1. The first-order chi connectivity index (χ1) is 9.07. The van der Waals surface area contributed by atoms with Crippen molar-refractivity contribution < 1.29 is 5.11 Å². The average Bonchev–Trinajstić information content (AvgIpc) is 2.36. The SMILES string of the molecule is Nc1ccc(NCC2(O)CCC2)c2ncc(Br)cc12. The Morgan fingerprint density at radius 1 is 1.42 bits per heavy atom. The smallest absolute Gasteiger partial charge is 0.0954 e. The van der Waals surface area contributed by atoms with Crippen LogP contribution in [-0.2, 0) is 0 Å². The molecule has 1 fully saturated rings.